The Bertz CT molecular complexity index is 858. The van der Waals surface area contributed by atoms with Gasteiger partial charge < -0.3 is 4.74 Å². The average molecular weight is 379 g/mol. The van der Waals surface area contributed by atoms with E-state index in [4.69, 9.17) is 4.74 Å². The number of carbonyl (C=O) groups excluding carboxylic acids is 3. The van der Waals surface area contributed by atoms with Gasteiger partial charge in [-0.1, -0.05) is 45.1 Å². The Labute approximate surface area is 164 Å². The van der Waals surface area contributed by atoms with E-state index >= 15 is 0 Å². The van der Waals surface area contributed by atoms with Gasteiger partial charge >= 0.3 is 5.97 Å². The third-order valence-corrected chi connectivity index (χ3v) is 6.99. The number of likely N-dealkylation sites (tertiary alicyclic amines) is 1. The minimum atomic E-state index is -0.575. The summed E-state index contributed by atoms with van der Waals surface area (Å²) in [5.74, 6) is 0.369. The Balaban J connectivity index is 1.27. The van der Waals surface area contributed by atoms with Crippen molar-refractivity contribution >= 4 is 17.8 Å². The van der Waals surface area contributed by atoms with E-state index in [0.29, 0.717) is 17.6 Å². The number of allylic oxidation sites excluding steroid dienone is 2. The zero-order chi connectivity index (χ0) is 19.8. The normalized spacial score (nSPS) is 35.0. The molecule has 6 rings (SSSR count). The summed E-state index contributed by atoms with van der Waals surface area (Å²) in [6.07, 6.45) is 5.38. The number of esters is 1. The number of hydrogen-bond donors (Lipinski definition) is 0. The van der Waals surface area contributed by atoms with Gasteiger partial charge in [-0.05, 0) is 53.2 Å². The fourth-order valence-electron chi connectivity index (χ4n) is 5.49. The van der Waals surface area contributed by atoms with Crippen LogP contribution in [0.15, 0.2) is 36.4 Å². The summed E-state index contributed by atoms with van der Waals surface area (Å²) in [5.41, 5.74) is 1.16. The van der Waals surface area contributed by atoms with Crippen LogP contribution in [0.5, 0.6) is 5.75 Å². The van der Waals surface area contributed by atoms with E-state index in [9.17, 15) is 14.4 Å². The molecule has 1 heterocycles. The molecule has 3 fully saturated rings. The van der Waals surface area contributed by atoms with Gasteiger partial charge in [0.2, 0.25) is 11.8 Å². The topological polar surface area (TPSA) is 63.7 Å². The lowest BCUT2D eigenvalue weighted by molar-refractivity contribution is -0.148. The van der Waals surface area contributed by atoms with Crippen molar-refractivity contribution in [1.82, 2.24) is 4.90 Å². The molecule has 1 aromatic rings. The fourth-order valence-corrected chi connectivity index (χ4v) is 5.49. The van der Waals surface area contributed by atoms with Crippen molar-refractivity contribution in [3.63, 3.8) is 0 Å². The summed E-state index contributed by atoms with van der Waals surface area (Å²) in [5, 5.41) is 0. The van der Waals surface area contributed by atoms with Gasteiger partial charge in [-0.3, -0.25) is 14.5 Å². The van der Waals surface area contributed by atoms with Crippen molar-refractivity contribution in [2.24, 2.45) is 35.5 Å². The molecule has 2 bridgehead atoms. The summed E-state index contributed by atoms with van der Waals surface area (Å²) >= 11 is 0. The molecule has 0 aromatic heterocycles. The molecule has 1 aromatic carbocycles. The van der Waals surface area contributed by atoms with Gasteiger partial charge in [-0.15, -0.1) is 0 Å². The van der Waals surface area contributed by atoms with Gasteiger partial charge in [-0.25, -0.2) is 4.79 Å². The lowest BCUT2D eigenvalue weighted by Gasteiger charge is -2.37. The van der Waals surface area contributed by atoms with E-state index in [0.717, 1.165) is 16.9 Å². The van der Waals surface area contributed by atoms with E-state index in [2.05, 4.69) is 32.9 Å². The molecule has 5 nitrogen and oxygen atoms in total. The second-order valence-corrected chi connectivity index (χ2v) is 9.67. The first kappa shape index (κ1) is 17.7. The number of rotatable bonds is 3. The maximum atomic E-state index is 12.9. The first-order chi connectivity index (χ1) is 13.3. The van der Waals surface area contributed by atoms with Crippen molar-refractivity contribution in [1.29, 1.82) is 0 Å². The zero-order valence-corrected chi connectivity index (χ0v) is 16.4. The van der Waals surface area contributed by atoms with Crippen molar-refractivity contribution in [2.45, 2.75) is 32.6 Å². The molecule has 0 radical (unpaired) electrons. The van der Waals surface area contributed by atoms with Gasteiger partial charge in [0.05, 0.1) is 11.8 Å². The zero-order valence-electron chi connectivity index (χ0n) is 16.4. The van der Waals surface area contributed by atoms with Crippen molar-refractivity contribution < 1.29 is 19.1 Å². The van der Waals surface area contributed by atoms with Crippen LogP contribution in [0.3, 0.4) is 0 Å². The van der Waals surface area contributed by atoms with E-state index in [1.807, 2.05) is 12.1 Å². The maximum absolute atomic E-state index is 12.9. The Kier molecular flexibility index (Phi) is 3.65. The number of carbonyl (C=O) groups is 3. The fraction of sp³-hybridized carbons (Fsp3) is 0.522. The van der Waals surface area contributed by atoms with Crippen molar-refractivity contribution in [2.75, 3.05) is 6.54 Å². The third kappa shape index (κ3) is 2.55. The maximum Gasteiger partial charge on any atom is 0.331 e. The molecule has 4 aliphatic carbocycles. The van der Waals surface area contributed by atoms with Gasteiger partial charge in [0.1, 0.15) is 12.3 Å². The predicted molar refractivity (Wildman–Crippen MR) is 102 cm³/mol. The summed E-state index contributed by atoms with van der Waals surface area (Å²) in [6.45, 7) is 6.04. The smallest absolute Gasteiger partial charge is 0.331 e. The molecule has 28 heavy (non-hydrogen) atoms. The van der Waals surface area contributed by atoms with Gasteiger partial charge in [-0.2, -0.15) is 0 Å². The summed E-state index contributed by atoms with van der Waals surface area (Å²) < 4.78 is 5.39. The highest BCUT2D eigenvalue weighted by atomic mass is 16.5. The van der Waals surface area contributed by atoms with Crippen LogP contribution < -0.4 is 4.74 Å². The Morgan fingerprint density at radius 2 is 1.54 bits per heavy atom. The summed E-state index contributed by atoms with van der Waals surface area (Å²) in [6, 6.07) is 7.37. The molecule has 5 heteroatoms. The number of amides is 2. The lowest BCUT2D eigenvalue weighted by atomic mass is 9.63. The predicted octanol–water partition coefficient (Wildman–Crippen LogP) is 2.94. The molecule has 2 amide bonds. The average Bonchev–Trinajstić information content (AvgIpc) is 3.43. The molecular weight excluding hydrogens is 354 g/mol. The first-order valence-corrected chi connectivity index (χ1v) is 10.1. The van der Waals surface area contributed by atoms with Crippen LogP contribution in [-0.2, 0) is 19.8 Å². The van der Waals surface area contributed by atoms with Crippen LogP contribution in [0.2, 0.25) is 0 Å². The molecule has 1 saturated heterocycles. The molecule has 1 aliphatic heterocycles. The molecule has 0 N–H and O–H groups in total. The highest BCUT2D eigenvalue weighted by Crippen LogP contribution is 2.65. The van der Waals surface area contributed by atoms with Crippen LogP contribution in [0, 0.1) is 35.5 Å². The number of imide groups is 1. The van der Waals surface area contributed by atoms with Gasteiger partial charge in [0, 0.05) is 0 Å². The highest BCUT2D eigenvalue weighted by Gasteiger charge is 2.67. The van der Waals surface area contributed by atoms with E-state index in [1.54, 1.807) is 12.1 Å². The number of nitrogens with zero attached hydrogens (tertiary/aromatic N) is 1. The van der Waals surface area contributed by atoms with E-state index in [-0.39, 0.29) is 47.4 Å². The van der Waals surface area contributed by atoms with E-state index in [1.165, 1.54) is 0 Å². The Morgan fingerprint density at radius 1 is 1.00 bits per heavy atom. The standard InChI is InChI=1S/C23H25NO4/c1-23(2,3)12-4-6-13(7-5-12)28-18(25)11-24-21(26)19-14-8-9-15(17-10-16(14)17)20(19)22(24)27/h4-9,14-17,19-20H,10-11H2,1-3H3/t14-,15+,16-,17-,19+,20-/m1/s1. The molecule has 0 spiro atoms. The monoisotopic (exact) mass is 379 g/mol. The molecule has 5 aliphatic rings. The largest absolute Gasteiger partial charge is 0.425 e. The van der Waals surface area contributed by atoms with Crippen LogP contribution >= 0.6 is 0 Å². The molecule has 0 unspecified atom stereocenters. The third-order valence-electron chi connectivity index (χ3n) is 6.99. The van der Waals surface area contributed by atoms with Crippen molar-refractivity contribution in [3.8, 4) is 5.75 Å². The van der Waals surface area contributed by atoms with Crippen molar-refractivity contribution in [3.05, 3.63) is 42.0 Å². The minimum Gasteiger partial charge on any atom is -0.425 e. The van der Waals surface area contributed by atoms with Gasteiger partial charge in [0.25, 0.3) is 0 Å². The molecule has 6 atom stereocenters. The van der Waals surface area contributed by atoms with Crippen LogP contribution in [0.4, 0.5) is 0 Å². The second-order valence-electron chi connectivity index (χ2n) is 9.67. The molecule has 2 saturated carbocycles. The SMILES string of the molecule is CC(C)(C)c1ccc(OC(=O)CN2C(=O)[C@@H]3[C@H]4C=C[C@H]([C@H]5C[C@H]45)[C@@H]3C2=O)cc1. The lowest BCUT2D eigenvalue weighted by Crippen LogP contribution is -2.40. The Morgan fingerprint density at radius 3 is 2.04 bits per heavy atom. The van der Waals surface area contributed by atoms with E-state index < -0.39 is 5.97 Å². The first-order valence-electron chi connectivity index (χ1n) is 10.1. The van der Waals surface area contributed by atoms with Crippen LogP contribution in [0.25, 0.3) is 0 Å². The quantitative estimate of drug-likeness (QED) is 0.351. The minimum absolute atomic E-state index is 0.0152. The number of ether oxygens (including phenoxy) is 1. The summed E-state index contributed by atoms with van der Waals surface area (Å²) in [7, 11) is 0. The highest BCUT2D eigenvalue weighted by molar-refractivity contribution is 6.08. The molecule has 146 valence electrons. The summed E-state index contributed by atoms with van der Waals surface area (Å²) in [4.78, 5) is 39.4. The number of hydrogen-bond acceptors (Lipinski definition) is 4. The van der Waals surface area contributed by atoms with Crippen LogP contribution in [0.1, 0.15) is 32.8 Å². The number of benzene rings is 1. The second kappa shape index (κ2) is 5.79. The molecular formula is C23H25NO4. The van der Waals surface area contributed by atoms with Crippen LogP contribution in [-0.4, -0.2) is 29.2 Å². The van der Waals surface area contributed by atoms with Gasteiger partial charge in [0.15, 0.2) is 0 Å². The Hall–Kier alpha value is -2.43.